The number of rotatable bonds is 8. The summed E-state index contributed by atoms with van der Waals surface area (Å²) < 4.78 is 64.9. The second-order valence-corrected chi connectivity index (χ2v) is 9.53. The van der Waals surface area contributed by atoms with E-state index in [2.05, 4.69) is 10.3 Å². The zero-order chi connectivity index (χ0) is 25.5. The summed E-state index contributed by atoms with van der Waals surface area (Å²) >= 11 is -1.59. The van der Waals surface area contributed by atoms with Crippen LogP contribution in [0.25, 0.3) is 0 Å². The van der Waals surface area contributed by atoms with Crippen molar-refractivity contribution in [3.8, 4) is 0 Å². The van der Waals surface area contributed by atoms with Crippen LogP contribution in [0, 0.1) is 0 Å². The average molecular weight is 504 g/mol. The molecule has 1 aliphatic rings. The minimum absolute atomic E-state index is 0.275. The summed E-state index contributed by atoms with van der Waals surface area (Å²) in [5, 5.41) is 2.48. The minimum atomic E-state index is -4.44. The number of hydrogen-bond donors (Lipinski definition) is 1. The minimum Gasteiger partial charge on any atom is -0.593 e. The predicted molar refractivity (Wildman–Crippen MR) is 127 cm³/mol. The van der Waals surface area contributed by atoms with Crippen molar-refractivity contribution in [1.29, 1.82) is 0 Å². The van der Waals surface area contributed by atoms with Crippen LogP contribution in [0.3, 0.4) is 0 Å². The van der Waals surface area contributed by atoms with E-state index in [9.17, 15) is 22.5 Å². The molecule has 1 saturated heterocycles. The van der Waals surface area contributed by atoms with Crippen LogP contribution in [0.1, 0.15) is 39.2 Å². The lowest BCUT2D eigenvalue weighted by Gasteiger charge is -2.32. The number of nitrogens with one attached hydrogen (secondary N) is 1. The normalized spacial score (nSPS) is 23.3. The molecule has 1 aromatic rings. The van der Waals surface area contributed by atoms with Crippen molar-refractivity contribution in [2.75, 3.05) is 31.6 Å². The molecule has 1 aromatic carbocycles. The van der Waals surface area contributed by atoms with Crippen LogP contribution in [-0.2, 0) is 31.8 Å². The van der Waals surface area contributed by atoms with Crippen LogP contribution in [0.4, 0.5) is 18.9 Å². The third-order valence-electron chi connectivity index (χ3n) is 5.68. The fourth-order valence-electron chi connectivity index (χ4n) is 3.60. The molecular formula is C23H32F3N3O4S. The molecule has 4 atom stereocenters. The Labute approximate surface area is 201 Å². The van der Waals surface area contributed by atoms with Gasteiger partial charge in [0.2, 0.25) is 0 Å². The zero-order valence-corrected chi connectivity index (χ0v) is 20.8. The highest BCUT2D eigenvalue weighted by Gasteiger charge is 2.40. The molecule has 0 aromatic heterocycles. The number of allylic oxidation sites excluding steroid dienone is 1. The summed E-state index contributed by atoms with van der Waals surface area (Å²) in [6.45, 7) is 5.91. The molecule has 190 valence electrons. The first kappa shape index (κ1) is 28.0. The molecule has 7 nitrogen and oxygen atoms in total. The van der Waals surface area contributed by atoms with Crippen LogP contribution in [0.2, 0.25) is 0 Å². The van der Waals surface area contributed by atoms with Gasteiger partial charge in [-0.15, -0.1) is 0 Å². The first-order valence-electron chi connectivity index (χ1n) is 11.0. The van der Waals surface area contributed by atoms with Crippen molar-refractivity contribution >= 4 is 29.2 Å². The van der Waals surface area contributed by atoms with Gasteiger partial charge in [0.05, 0.1) is 54.7 Å². The molecule has 1 N–H and O–H groups in total. The number of carbonyl (C=O) groups excluding carboxylic acids is 1. The number of ether oxygens (including phenoxy) is 2. The number of amides is 1. The third-order valence-corrected chi connectivity index (χ3v) is 7.60. The standard InChI is InChI=1S/C23H32F3N3O4S/c1-6-18(28-22(30)15(2)20(32-5)14-27-4)13-21-16(3)33-12-11-29(34(21)31)19-9-7-17(8-10-19)23(24,25)26/h7-10,14,16,18,21H,6,11-13H2,1-5H3,(H,28,30)/b20-15-,27-14-. The molecule has 2 rings (SSSR count). The Morgan fingerprint density at radius 1 is 1.41 bits per heavy atom. The highest BCUT2D eigenvalue weighted by Crippen LogP contribution is 2.33. The van der Waals surface area contributed by atoms with E-state index in [-0.39, 0.29) is 31.2 Å². The van der Waals surface area contributed by atoms with Crippen LogP contribution in [0.5, 0.6) is 0 Å². The van der Waals surface area contributed by atoms with Gasteiger partial charge in [0.25, 0.3) is 5.91 Å². The molecule has 1 aliphatic heterocycles. The number of methoxy groups -OCH3 is 1. The number of carbonyl (C=O) groups is 1. The number of anilines is 1. The van der Waals surface area contributed by atoms with Gasteiger partial charge in [-0.1, -0.05) is 6.92 Å². The summed E-state index contributed by atoms with van der Waals surface area (Å²) in [5.74, 6) is 0.0225. The second kappa shape index (κ2) is 12.5. The van der Waals surface area contributed by atoms with E-state index in [1.54, 1.807) is 18.3 Å². The Morgan fingerprint density at radius 3 is 2.59 bits per heavy atom. The highest BCUT2D eigenvalue weighted by atomic mass is 32.2. The fourth-order valence-corrected chi connectivity index (χ4v) is 5.32. The van der Waals surface area contributed by atoms with E-state index in [0.29, 0.717) is 29.9 Å². The Hall–Kier alpha value is -2.24. The zero-order valence-electron chi connectivity index (χ0n) is 20.0. The second-order valence-electron chi connectivity index (χ2n) is 7.93. The van der Waals surface area contributed by atoms with E-state index in [1.807, 2.05) is 13.8 Å². The molecule has 11 heteroatoms. The number of nitrogens with zero attached hydrogens (tertiary/aromatic N) is 2. The monoisotopic (exact) mass is 503 g/mol. The molecule has 34 heavy (non-hydrogen) atoms. The van der Waals surface area contributed by atoms with Gasteiger partial charge >= 0.3 is 6.18 Å². The van der Waals surface area contributed by atoms with Crippen molar-refractivity contribution in [2.24, 2.45) is 4.99 Å². The lowest BCUT2D eigenvalue weighted by atomic mass is 10.0. The highest BCUT2D eigenvalue weighted by molar-refractivity contribution is 7.93. The van der Waals surface area contributed by atoms with Crippen LogP contribution in [-0.4, -0.2) is 61.4 Å². The van der Waals surface area contributed by atoms with E-state index >= 15 is 0 Å². The molecule has 0 aliphatic carbocycles. The van der Waals surface area contributed by atoms with Gasteiger partial charge in [0.1, 0.15) is 11.9 Å². The first-order valence-corrected chi connectivity index (χ1v) is 12.1. The maximum atomic E-state index is 13.5. The quantitative estimate of drug-likeness (QED) is 0.252. The molecule has 0 radical (unpaired) electrons. The Kier molecular flexibility index (Phi) is 10.3. The molecule has 0 spiro atoms. The van der Waals surface area contributed by atoms with Crippen LogP contribution < -0.4 is 9.62 Å². The van der Waals surface area contributed by atoms with Crippen molar-refractivity contribution in [1.82, 2.24) is 5.32 Å². The molecule has 1 amide bonds. The molecule has 0 saturated carbocycles. The first-order chi connectivity index (χ1) is 16.0. The number of halogens is 3. The number of benzene rings is 1. The van der Waals surface area contributed by atoms with E-state index in [4.69, 9.17) is 9.47 Å². The van der Waals surface area contributed by atoms with Gasteiger partial charge in [-0.25, -0.2) is 0 Å². The lowest BCUT2D eigenvalue weighted by Crippen LogP contribution is -2.46. The van der Waals surface area contributed by atoms with Gasteiger partial charge in [-0.3, -0.25) is 9.79 Å². The van der Waals surface area contributed by atoms with E-state index < -0.39 is 28.4 Å². The summed E-state index contributed by atoms with van der Waals surface area (Å²) in [4.78, 5) is 16.6. The van der Waals surface area contributed by atoms with Crippen molar-refractivity contribution < 1.29 is 32.0 Å². The molecular weight excluding hydrogens is 471 g/mol. The van der Waals surface area contributed by atoms with Gasteiger partial charge in [0, 0.05) is 19.5 Å². The predicted octanol–water partition coefficient (Wildman–Crippen LogP) is 3.87. The maximum absolute atomic E-state index is 13.5. The van der Waals surface area contributed by atoms with Crippen molar-refractivity contribution in [2.45, 2.75) is 57.2 Å². The topological polar surface area (TPSA) is 86.2 Å². The average Bonchev–Trinajstić information content (AvgIpc) is 2.94. The Morgan fingerprint density at radius 2 is 2.06 bits per heavy atom. The van der Waals surface area contributed by atoms with Gasteiger partial charge < -0.3 is 19.3 Å². The van der Waals surface area contributed by atoms with Gasteiger partial charge in [-0.2, -0.15) is 17.5 Å². The summed E-state index contributed by atoms with van der Waals surface area (Å²) in [6.07, 6.45) is -2.41. The Balaban J connectivity index is 2.20. The van der Waals surface area contributed by atoms with Crippen molar-refractivity contribution in [3.63, 3.8) is 0 Å². The third kappa shape index (κ3) is 7.13. The summed E-state index contributed by atoms with van der Waals surface area (Å²) in [6, 6.07) is 4.30. The van der Waals surface area contributed by atoms with E-state index in [0.717, 1.165) is 12.1 Å². The molecule has 0 bridgehead atoms. The maximum Gasteiger partial charge on any atom is 0.416 e. The van der Waals surface area contributed by atoms with Gasteiger partial charge in [-0.05, 0) is 44.5 Å². The number of alkyl halides is 3. The summed E-state index contributed by atoms with van der Waals surface area (Å²) in [7, 11) is 3.03. The number of aliphatic imine (C=N–C) groups is 1. The fraction of sp³-hybridized carbons (Fsp3) is 0.565. The SMILES string of the molecule is CCC(CC1C(C)OCCN(c2ccc(C(F)(F)F)cc2)[S+]1[O-])NC(=O)/C(C)=C(/C=N\C)OC. The molecule has 1 heterocycles. The van der Waals surface area contributed by atoms with Gasteiger partial charge in [0.15, 0.2) is 5.25 Å². The summed E-state index contributed by atoms with van der Waals surface area (Å²) in [5.41, 5.74) is 0.0245. The largest absolute Gasteiger partial charge is 0.593 e. The Bertz CT molecular complexity index is 877. The van der Waals surface area contributed by atoms with Crippen LogP contribution in [0.15, 0.2) is 40.6 Å². The van der Waals surface area contributed by atoms with Crippen LogP contribution >= 0.6 is 0 Å². The smallest absolute Gasteiger partial charge is 0.416 e. The molecule has 1 fully saturated rings. The lowest BCUT2D eigenvalue weighted by molar-refractivity contribution is -0.137. The molecule has 4 unspecified atom stereocenters. The number of hydrogen-bond acceptors (Lipinski definition) is 6. The van der Waals surface area contributed by atoms with Crippen molar-refractivity contribution in [3.05, 3.63) is 41.2 Å². The van der Waals surface area contributed by atoms with E-state index in [1.165, 1.54) is 25.5 Å².